The third-order valence-electron chi connectivity index (χ3n) is 4.41. The fourth-order valence-electron chi connectivity index (χ4n) is 3.54. The summed E-state index contributed by atoms with van der Waals surface area (Å²) in [6, 6.07) is 0.130. The molecule has 1 aliphatic carbocycles. The summed E-state index contributed by atoms with van der Waals surface area (Å²) in [5.74, 6) is 1.63. The van der Waals surface area contributed by atoms with Gasteiger partial charge in [-0.05, 0) is 31.1 Å². The number of primary amides is 1. The van der Waals surface area contributed by atoms with E-state index in [-0.39, 0.29) is 11.9 Å². The van der Waals surface area contributed by atoms with Crippen molar-refractivity contribution < 1.29 is 4.79 Å². The number of nitrogens with two attached hydrogens (primary N) is 1. The topological polar surface area (TPSA) is 58.4 Å². The summed E-state index contributed by atoms with van der Waals surface area (Å²) in [4.78, 5) is 13.9. The Morgan fingerprint density at radius 1 is 1.33 bits per heavy atom. The van der Waals surface area contributed by atoms with Gasteiger partial charge in [-0.15, -0.1) is 0 Å². The van der Waals surface area contributed by atoms with Crippen molar-refractivity contribution in [1.29, 1.82) is 0 Å². The fourth-order valence-corrected chi connectivity index (χ4v) is 3.54. The van der Waals surface area contributed by atoms with Crippen LogP contribution in [-0.2, 0) is 4.79 Å². The van der Waals surface area contributed by atoms with Crippen LogP contribution in [0.1, 0.15) is 39.5 Å². The van der Waals surface area contributed by atoms with E-state index < -0.39 is 0 Å². The summed E-state index contributed by atoms with van der Waals surface area (Å²) in [5, 5.41) is 3.25. The summed E-state index contributed by atoms with van der Waals surface area (Å²) in [6.07, 6.45) is 5.07. The quantitative estimate of drug-likeness (QED) is 0.741. The van der Waals surface area contributed by atoms with Crippen LogP contribution in [0.15, 0.2) is 0 Å². The van der Waals surface area contributed by atoms with E-state index in [1.54, 1.807) is 0 Å². The highest BCUT2D eigenvalue weighted by Gasteiger charge is 2.35. The maximum atomic E-state index is 11.4. The Bertz CT molecular complexity index is 281. The van der Waals surface area contributed by atoms with E-state index in [0.717, 1.165) is 24.8 Å². The van der Waals surface area contributed by atoms with Crippen LogP contribution < -0.4 is 11.1 Å². The van der Waals surface area contributed by atoms with Gasteiger partial charge in [0.15, 0.2) is 0 Å². The lowest BCUT2D eigenvalue weighted by Crippen LogP contribution is -2.46. The Hall–Kier alpha value is -0.610. The number of likely N-dealkylation sites (tertiary alicyclic amines) is 1. The molecule has 2 fully saturated rings. The number of carbonyl (C=O) groups excluding carboxylic acids is 1. The molecule has 1 saturated carbocycles. The molecular weight excluding hydrogens is 226 g/mol. The minimum atomic E-state index is -0.219. The number of amides is 1. The molecule has 0 spiro atoms. The zero-order valence-electron chi connectivity index (χ0n) is 11.7. The van der Waals surface area contributed by atoms with Gasteiger partial charge in [-0.25, -0.2) is 0 Å². The first-order valence-electron chi connectivity index (χ1n) is 7.34. The molecule has 1 aliphatic heterocycles. The molecule has 4 nitrogen and oxygen atoms in total. The fraction of sp³-hybridized carbons (Fsp3) is 0.929. The summed E-state index contributed by atoms with van der Waals surface area (Å²) < 4.78 is 0. The summed E-state index contributed by atoms with van der Waals surface area (Å²) in [7, 11) is 0. The predicted octanol–water partition coefficient (Wildman–Crippen LogP) is 0.960. The molecule has 2 aliphatic rings. The molecule has 0 aromatic heterocycles. The van der Waals surface area contributed by atoms with Crippen molar-refractivity contribution in [3.8, 4) is 0 Å². The van der Waals surface area contributed by atoms with Crippen LogP contribution >= 0.6 is 0 Å². The molecule has 0 aromatic carbocycles. The summed E-state index contributed by atoms with van der Waals surface area (Å²) >= 11 is 0. The van der Waals surface area contributed by atoms with Crippen molar-refractivity contribution in [3.05, 3.63) is 0 Å². The largest absolute Gasteiger partial charge is 0.368 e. The van der Waals surface area contributed by atoms with E-state index in [0.29, 0.717) is 6.04 Å². The van der Waals surface area contributed by atoms with Gasteiger partial charge in [-0.2, -0.15) is 0 Å². The number of carbonyl (C=O) groups is 1. The third-order valence-corrected chi connectivity index (χ3v) is 4.41. The number of hydrogen-bond acceptors (Lipinski definition) is 3. The van der Waals surface area contributed by atoms with Crippen molar-refractivity contribution >= 4 is 5.91 Å². The van der Waals surface area contributed by atoms with Crippen molar-refractivity contribution in [2.24, 2.45) is 17.6 Å². The molecule has 1 saturated heterocycles. The van der Waals surface area contributed by atoms with E-state index >= 15 is 0 Å². The second-order valence-electron chi connectivity index (χ2n) is 6.28. The third kappa shape index (κ3) is 3.45. The molecular formula is C14H27N3O. The van der Waals surface area contributed by atoms with Gasteiger partial charge in [0, 0.05) is 25.7 Å². The van der Waals surface area contributed by atoms with E-state index in [2.05, 4.69) is 24.1 Å². The predicted molar refractivity (Wildman–Crippen MR) is 73.1 cm³/mol. The van der Waals surface area contributed by atoms with E-state index in [1.165, 1.54) is 32.4 Å². The SMILES string of the molecule is CC(C)NC(CCN1CC2CCCC2C1)C(N)=O. The van der Waals surface area contributed by atoms with Crippen molar-refractivity contribution in [2.75, 3.05) is 19.6 Å². The van der Waals surface area contributed by atoms with Crippen molar-refractivity contribution in [1.82, 2.24) is 10.2 Å². The number of fused-ring (bicyclic) bond motifs is 1. The van der Waals surface area contributed by atoms with Crippen molar-refractivity contribution in [3.63, 3.8) is 0 Å². The van der Waals surface area contributed by atoms with Crippen LogP contribution in [0.4, 0.5) is 0 Å². The molecule has 1 heterocycles. The molecule has 4 heteroatoms. The standard InChI is InChI=1S/C14H27N3O/c1-10(2)16-13(14(15)18)6-7-17-8-11-4-3-5-12(11)9-17/h10-13,16H,3-9H2,1-2H3,(H2,15,18). The Kier molecular flexibility index (Phi) is 4.62. The van der Waals surface area contributed by atoms with Gasteiger partial charge in [0.1, 0.15) is 0 Å². The molecule has 3 N–H and O–H groups in total. The van der Waals surface area contributed by atoms with Gasteiger partial charge < -0.3 is 16.0 Å². The highest BCUT2D eigenvalue weighted by atomic mass is 16.1. The lowest BCUT2D eigenvalue weighted by Gasteiger charge is -2.22. The van der Waals surface area contributed by atoms with Crippen LogP contribution in [-0.4, -0.2) is 42.5 Å². The lowest BCUT2D eigenvalue weighted by atomic mass is 10.0. The van der Waals surface area contributed by atoms with Gasteiger partial charge in [0.05, 0.1) is 6.04 Å². The Balaban J connectivity index is 1.74. The maximum Gasteiger partial charge on any atom is 0.234 e. The highest BCUT2D eigenvalue weighted by molar-refractivity contribution is 5.79. The Morgan fingerprint density at radius 2 is 1.94 bits per heavy atom. The normalized spacial score (nSPS) is 29.7. The first-order chi connectivity index (χ1) is 8.56. The Labute approximate surface area is 110 Å². The number of nitrogens with one attached hydrogen (secondary N) is 1. The molecule has 3 unspecified atom stereocenters. The molecule has 0 aromatic rings. The van der Waals surface area contributed by atoms with E-state index in [4.69, 9.17) is 5.73 Å². The zero-order chi connectivity index (χ0) is 13.1. The molecule has 0 bridgehead atoms. The van der Waals surface area contributed by atoms with E-state index in [9.17, 15) is 4.79 Å². The number of nitrogens with zero attached hydrogens (tertiary/aromatic N) is 1. The molecule has 2 rings (SSSR count). The average Bonchev–Trinajstić information content (AvgIpc) is 2.83. The van der Waals surface area contributed by atoms with Gasteiger partial charge in [-0.1, -0.05) is 20.3 Å². The summed E-state index contributed by atoms with van der Waals surface area (Å²) in [5.41, 5.74) is 5.44. The average molecular weight is 253 g/mol. The van der Waals surface area contributed by atoms with Crippen LogP contribution in [0.25, 0.3) is 0 Å². The van der Waals surface area contributed by atoms with Crippen LogP contribution in [0.3, 0.4) is 0 Å². The maximum absolute atomic E-state index is 11.4. The Morgan fingerprint density at radius 3 is 2.44 bits per heavy atom. The molecule has 0 radical (unpaired) electrons. The van der Waals surface area contributed by atoms with Gasteiger partial charge in [0.25, 0.3) is 0 Å². The monoisotopic (exact) mass is 253 g/mol. The zero-order valence-corrected chi connectivity index (χ0v) is 11.7. The van der Waals surface area contributed by atoms with Crippen molar-refractivity contribution in [2.45, 2.75) is 51.6 Å². The number of hydrogen-bond donors (Lipinski definition) is 2. The second-order valence-corrected chi connectivity index (χ2v) is 6.28. The van der Waals surface area contributed by atoms with Crippen LogP contribution in [0.5, 0.6) is 0 Å². The van der Waals surface area contributed by atoms with Crippen LogP contribution in [0.2, 0.25) is 0 Å². The number of rotatable bonds is 6. The van der Waals surface area contributed by atoms with Gasteiger partial charge in [0.2, 0.25) is 5.91 Å². The highest BCUT2D eigenvalue weighted by Crippen LogP contribution is 2.37. The minimum absolute atomic E-state index is 0.176. The summed E-state index contributed by atoms with van der Waals surface area (Å²) in [6.45, 7) is 7.57. The minimum Gasteiger partial charge on any atom is -0.368 e. The molecule has 18 heavy (non-hydrogen) atoms. The molecule has 3 atom stereocenters. The smallest absolute Gasteiger partial charge is 0.234 e. The molecule has 1 amide bonds. The lowest BCUT2D eigenvalue weighted by molar-refractivity contribution is -0.120. The second kappa shape index (κ2) is 6.02. The first-order valence-corrected chi connectivity index (χ1v) is 7.34. The molecule has 104 valence electrons. The van der Waals surface area contributed by atoms with E-state index in [1.807, 2.05) is 0 Å². The van der Waals surface area contributed by atoms with Gasteiger partial charge >= 0.3 is 0 Å². The van der Waals surface area contributed by atoms with Gasteiger partial charge in [-0.3, -0.25) is 4.79 Å². The first kappa shape index (κ1) is 13.8. The van der Waals surface area contributed by atoms with Crippen LogP contribution in [0, 0.1) is 11.8 Å².